The van der Waals surface area contributed by atoms with Crippen molar-refractivity contribution in [3.05, 3.63) is 77.7 Å². The predicted molar refractivity (Wildman–Crippen MR) is 103 cm³/mol. The maximum absolute atomic E-state index is 13.2. The van der Waals surface area contributed by atoms with E-state index in [-0.39, 0.29) is 12.0 Å². The number of amides is 1. The molecule has 0 aliphatic carbocycles. The van der Waals surface area contributed by atoms with Crippen molar-refractivity contribution in [3.63, 3.8) is 0 Å². The van der Waals surface area contributed by atoms with Gasteiger partial charge in [0.25, 0.3) is 11.7 Å². The lowest BCUT2D eigenvalue weighted by Gasteiger charge is -2.16. The first-order chi connectivity index (χ1) is 13.8. The number of carboxylic acid groups (broad SMARTS) is 1. The van der Waals surface area contributed by atoms with Crippen molar-refractivity contribution < 1.29 is 23.9 Å². The van der Waals surface area contributed by atoms with E-state index >= 15 is 0 Å². The van der Waals surface area contributed by atoms with E-state index in [0.29, 0.717) is 16.8 Å². The highest BCUT2D eigenvalue weighted by Crippen LogP contribution is 2.22. The van der Waals surface area contributed by atoms with Crippen LogP contribution >= 0.6 is 0 Å². The quantitative estimate of drug-likeness (QED) is 0.598. The van der Waals surface area contributed by atoms with Crippen molar-refractivity contribution in [1.82, 2.24) is 15.1 Å². The molecule has 0 saturated carbocycles. The Morgan fingerprint density at radius 3 is 2.38 bits per heavy atom. The number of nitrogens with zero attached hydrogens (tertiary/aromatic N) is 2. The van der Waals surface area contributed by atoms with E-state index in [4.69, 9.17) is 5.11 Å². The Labute approximate surface area is 165 Å². The van der Waals surface area contributed by atoms with E-state index in [1.54, 1.807) is 37.4 Å². The maximum atomic E-state index is 13.2. The largest absolute Gasteiger partial charge is 0.475 e. The molecule has 0 fully saturated rings. The van der Waals surface area contributed by atoms with Crippen molar-refractivity contribution >= 4 is 17.7 Å². The molecule has 2 aromatic carbocycles. The van der Waals surface area contributed by atoms with E-state index in [2.05, 4.69) is 10.4 Å². The second kappa shape index (κ2) is 8.47. The third-order valence-electron chi connectivity index (χ3n) is 4.31. The molecule has 148 valence electrons. The Kier molecular flexibility index (Phi) is 5.82. The molecule has 2 N–H and O–H groups in total. The van der Waals surface area contributed by atoms with Crippen molar-refractivity contribution in [2.24, 2.45) is 7.05 Å². The molecule has 0 aliphatic heterocycles. The highest BCUT2D eigenvalue weighted by atomic mass is 19.1. The molecule has 1 atom stereocenters. The average Bonchev–Trinajstić information content (AvgIpc) is 3.10. The fourth-order valence-electron chi connectivity index (χ4n) is 2.92. The zero-order valence-electron chi connectivity index (χ0n) is 15.5. The standard InChI is InChI=1S/C21H18FN3O4/c1-25-12-16(18(24-25)14-7-9-15(22)10-8-14)20(27)23-17(19(26)21(28)29)11-13-5-3-2-4-6-13/h2-10,12,17H,11H2,1H3,(H,23,27)(H,28,29). The number of carbonyl (C=O) groups is 3. The molecular formula is C21H18FN3O4. The summed E-state index contributed by atoms with van der Waals surface area (Å²) in [4.78, 5) is 36.2. The molecular weight excluding hydrogens is 377 g/mol. The third kappa shape index (κ3) is 4.73. The lowest BCUT2D eigenvalue weighted by atomic mass is 10.0. The lowest BCUT2D eigenvalue weighted by Crippen LogP contribution is -2.45. The van der Waals surface area contributed by atoms with E-state index in [1.165, 1.54) is 35.1 Å². The first-order valence-corrected chi connectivity index (χ1v) is 8.76. The number of ketones is 1. The number of hydrogen-bond acceptors (Lipinski definition) is 4. The second-order valence-corrected chi connectivity index (χ2v) is 6.46. The smallest absolute Gasteiger partial charge is 0.374 e. The van der Waals surface area contributed by atoms with Gasteiger partial charge >= 0.3 is 5.97 Å². The van der Waals surface area contributed by atoms with Crippen molar-refractivity contribution in [2.75, 3.05) is 0 Å². The minimum atomic E-state index is -1.63. The normalized spacial score (nSPS) is 11.7. The zero-order valence-corrected chi connectivity index (χ0v) is 15.5. The molecule has 1 amide bonds. The molecule has 29 heavy (non-hydrogen) atoms. The van der Waals surface area contributed by atoms with Gasteiger partial charge in [-0.3, -0.25) is 14.3 Å². The molecule has 0 radical (unpaired) electrons. The van der Waals surface area contributed by atoms with Gasteiger partial charge in [-0.1, -0.05) is 30.3 Å². The van der Waals surface area contributed by atoms with E-state index in [0.717, 1.165) is 0 Å². The molecule has 3 aromatic rings. The number of carbonyl (C=O) groups excluding carboxylic acids is 2. The van der Waals surface area contributed by atoms with Crippen LogP contribution in [0, 0.1) is 5.82 Å². The summed E-state index contributed by atoms with van der Waals surface area (Å²) in [5.41, 5.74) is 1.67. The van der Waals surface area contributed by atoms with Crippen LogP contribution in [0.4, 0.5) is 4.39 Å². The van der Waals surface area contributed by atoms with Crippen LogP contribution < -0.4 is 5.32 Å². The van der Waals surface area contributed by atoms with Gasteiger partial charge in [-0.15, -0.1) is 0 Å². The predicted octanol–water partition coefficient (Wildman–Crippen LogP) is 2.22. The summed E-state index contributed by atoms with van der Waals surface area (Å²) in [5.74, 6) is -3.82. The topological polar surface area (TPSA) is 101 Å². The Morgan fingerprint density at radius 1 is 1.10 bits per heavy atom. The highest BCUT2D eigenvalue weighted by Gasteiger charge is 2.28. The maximum Gasteiger partial charge on any atom is 0.374 e. The van der Waals surface area contributed by atoms with Crippen LogP contribution in [-0.2, 0) is 23.1 Å². The molecule has 3 rings (SSSR count). The van der Waals surface area contributed by atoms with Gasteiger partial charge in [0.05, 0.1) is 5.56 Å². The average molecular weight is 395 g/mol. The third-order valence-corrected chi connectivity index (χ3v) is 4.31. The van der Waals surface area contributed by atoms with Crippen LogP contribution in [0.3, 0.4) is 0 Å². The first-order valence-electron chi connectivity index (χ1n) is 8.76. The van der Waals surface area contributed by atoms with Gasteiger partial charge in [-0.05, 0) is 29.8 Å². The fraction of sp³-hybridized carbons (Fsp3) is 0.143. The van der Waals surface area contributed by atoms with Crippen LogP contribution in [0.15, 0.2) is 60.8 Å². The van der Waals surface area contributed by atoms with Crippen LogP contribution in [0.5, 0.6) is 0 Å². The number of aryl methyl sites for hydroxylation is 1. The number of rotatable bonds is 7. The van der Waals surface area contributed by atoms with Crippen molar-refractivity contribution in [2.45, 2.75) is 12.5 Å². The number of Topliss-reactive ketones (excluding diaryl/α,β-unsaturated/α-hetero) is 1. The van der Waals surface area contributed by atoms with Crippen molar-refractivity contribution in [1.29, 1.82) is 0 Å². The molecule has 7 nitrogen and oxygen atoms in total. The molecule has 1 unspecified atom stereocenters. The molecule has 0 bridgehead atoms. The minimum absolute atomic E-state index is 0.0316. The highest BCUT2D eigenvalue weighted by molar-refractivity contribution is 6.35. The summed E-state index contributed by atoms with van der Waals surface area (Å²) in [6.07, 6.45) is 1.49. The number of aliphatic carboxylic acids is 1. The van der Waals surface area contributed by atoms with Gasteiger partial charge in [0.15, 0.2) is 0 Å². The van der Waals surface area contributed by atoms with Crippen LogP contribution in [-0.4, -0.2) is 38.6 Å². The number of carboxylic acids is 1. The molecule has 0 saturated heterocycles. The fourth-order valence-corrected chi connectivity index (χ4v) is 2.92. The molecule has 1 heterocycles. The van der Waals surface area contributed by atoms with Crippen LogP contribution in [0.2, 0.25) is 0 Å². The molecule has 8 heteroatoms. The van der Waals surface area contributed by atoms with E-state index in [1.807, 2.05) is 0 Å². The summed E-state index contributed by atoms with van der Waals surface area (Å²) >= 11 is 0. The minimum Gasteiger partial charge on any atom is -0.475 e. The van der Waals surface area contributed by atoms with Gasteiger partial charge in [0.1, 0.15) is 17.6 Å². The molecule has 0 aliphatic rings. The van der Waals surface area contributed by atoms with E-state index in [9.17, 15) is 18.8 Å². The number of hydrogen-bond donors (Lipinski definition) is 2. The first kappa shape index (κ1) is 19.9. The summed E-state index contributed by atoms with van der Waals surface area (Å²) in [6, 6.07) is 13.0. The monoisotopic (exact) mass is 395 g/mol. The molecule has 1 aromatic heterocycles. The van der Waals surface area contributed by atoms with Crippen LogP contribution in [0.25, 0.3) is 11.3 Å². The number of halogens is 1. The lowest BCUT2D eigenvalue weighted by molar-refractivity contribution is -0.149. The number of benzene rings is 2. The van der Waals surface area contributed by atoms with Gasteiger partial charge in [0.2, 0.25) is 0 Å². The SMILES string of the molecule is Cn1cc(C(=O)NC(Cc2ccccc2)C(=O)C(=O)O)c(-c2ccc(F)cc2)n1. The van der Waals surface area contributed by atoms with Gasteiger partial charge < -0.3 is 10.4 Å². The Morgan fingerprint density at radius 2 is 1.76 bits per heavy atom. The summed E-state index contributed by atoms with van der Waals surface area (Å²) in [5, 5.41) is 15.9. The summed E-state index contributed by atoms with van der Waals surface area (Å²) in [7, 11) is 1.62. The van der Waals surface area contributed by atoms with Crippen LogP contribution in [0.1, 0.15) is 15.9 Å². The number of aromatic nitrogens is 2. The molecule has 0 spiro atoms. The van der Waals surface area contributed by atoms with Gasteiger partial charge in [-0.2, -0.15) is 5.10 Å². The Balaban J connectivity index is 1.89. The Bertz CT molecular complexity index is 1050. The second-order valence-electron chi connectivity index (χ2n) is 6.46. The van der Waals surface area contributed by atoms with Gasteiger partial charge in [0, 0.05) is 25.2 Å². The Hall–Kier alpha value is -3.81. The van der Waals surface area contributed by atoms with Gasteiger partial charge in [-0.25, -0.2) is 9.18 Å². The zero-order chi connectivity index (χ0) is 21.0. The van der Waals surface area contributed by atoms with E-state index < -0.39 is 29.5 Å². The van der Waals surface area contributed by atoms with Crippen molar-refractivity contribution in [3.8, 4) is 11.3 Å². The summed E-state index contributed by atoms with van der Waals surface area (Å²) in [6.45, 7) is 0. The summed E-state index contributed by atoms with van der Waals surface area (Å²) < 4.78 is 14.6. The number of nitrogens with one attached hydrogen (secondary N) is 1.